The van der Waals surface area contributed by atoms with E-state index < -0.39 is 0 Å². The summed E-state index contributed by atoms with van der Waals surface area (Å²) in [6, 6.07) is 5.98. The third-order valence-corrected chi connectivity index (χ3v) is 3.11. The van der Waals surface area contributed by atoms with Crippen LogP contribution in [0, 0.1) is 5.92 Å². The van der Waals surface area contributed by atoms with Gasteiger partial charge in [0.05, 0.1) is 5.52 Å². The molecule has 90 valence electrons. The van der Waals surface area contributed by atoms with Crippen molar-refractivity contribution in [3.8, 4) is 0 Å². The molecular weight excluding hydrogens is 210 g/mol. The van der Waals surface area contributed by atoms with E-state index in [4.69, 9.17) is 0 Å². The van der Waals surface area contributed by atoms with E-state index in [1.54, 1.807) is 0 Å². The molecule has 0 fully saturated rings. The van der Waals surface area contributed by atoms with E-state index in [9.17, 15) is 4.79 Å². The molecule has 0 aliphatic carbocycles. The van der Waals surface area contributed by atoms with Crippen molar-refractivity contribution in [1.82, 2.24) is 4.40 Å². The maximum Gasteiger partial charge on any atom is 0.167 e. The van der Waals surface area contributed by atoms with E-state index in [0.717, 1.165) is 16.6 Å². The molecule has 0 radical (unpaired) electrons. The predicted molar refractivity (Wildman–Crippen MR) is 70.7 cm³/mol. The van der Waals surface area contributed by atoms with Gasteiger partial charge in [-0.25, -0.2) is 0 Å². The zero-order valence-electron chi connectivity index (χ0n) is 10.9. The van der Waals surface area contributed by atoms with Crippen molar-refractivity contribution in [3.05, 3.63) is 41.7 Å². The highest BCUT2D eigenvalue weighted by Crippen LogP contribution is 2.27. The van der Waals surface area contributed by atoms with Crippen LogP contribution < -0.4 is 0 Å². The third-order valence-electron chi connectivity index (χ3n) is 3.11. The van der Waals surface area contributed by atoms with E-state index in [-0.39, 0.29) is 11.7 Å². The maximum atomic E-state index is 12.3. The predicted octanol–water partition coefficient (Wildman–Crippen LogP) is 3.90. The second-order valence-corrected chi connectivity index (χ2v) is 5.13. The van der Waals surface area contributed by atoms with Crippen LogP contribution >= 0.6 is 0 Å². The van der Waals surface area contributed by atoms with Gasteiger partial charge in [0.2, 0.25) is 0 Å². The Kier molecular flexibility index (Phi) is 3.05. The number of carbonyl (C=O) groups excluding carboxylic acids is 1. The Balaban J connectivity index is 2.72. The number of pyridine rings is 1. The number of nitrogens with zero attached hydrogens (tertiary/aromatic N) is 1. The lowest BCUT2D eigenvalue weighted by Gasteiger charge is -2.08. The molecule has 17 heavy (non-hydrogen) atoms. The SMILES string of the molecule is CC(C)C(=O)c1c(C(C)C)cn2ccccc12. The molecular formula is C15H19NO. The average molecular weight is 229 g/mol. The van der Waals surface area contributed by atoms with Crippen molar-refractivity contribution in [2.24, 2.45) is 5.92 Å². The number of carbonyl (C=O) groups is 1. The first kappa shape index (κ1) is 11.9. The smallest absolute Gasteiger partial charge is 0.167 e. The Labute approximate surface area is 102 Å². The van der Waals surface area contributed by atoms with Crippen molar-refractivity contribution < 1.29 is 4.79 Å². The summed E-state index contributed by atoms with van der Waals surface area (Å²) in [4.78, 5) is 12.3. The van der Waals surface area contributed by atoms with Crippen LogP contribution in [0.1, 0.15) is 49.5 Å². The van der Waals surface area contributed by atoms with Gasteiger partial charge in [0, 0.05) is 23.9 Å². The molecule has 0 spiro atoms. The Morgan fingerprint density at radius 2 is 1.88 bits per heavy atom. The summed E-state index contributed by atoms with van der Waals surface area (Å²) in [5.74, 6) is 0.647. The summed E-state index contributed by atoms with van der Waals surface area (Å²) in [5.41, 5.74) is 3.07. The minimum atomic E-state index is 0.0407. The molecule has 0 aromatic carbocycles. The van der Waals surface area contributed by atoms with Crippen LogP contribution in [0.5, 0.6) is 0 Å². The first-order valence-electron chi connectivity index (χ1n) is 6.16. The van der Waals surface area contributed by atoms with Gasteiger partial charge in [0.15, 0.2) is 5.78 Å². The quantitative estimate of drug-likeness (QED) is 0.731. The fourth-order valence-corrected chi connectivity index (χ4v) is 2.14. The molecule has 2 rings (SSSR count). The van der Waals surface area contributed by atoms with Crippen LogP contribution in [0.3, 0.4) is 0 Å². The molecule has 0 aliphatic rings. The van der Waals surface area contributed by atoms with E-state index in [0.29, 0.717) is 5.92 Å². The molecule has 0 amide bonds. The number of hydrogen-bond donors (Lipinski definition) is 0. The monoisotopic (exact) mass is 229 g/mol. The molecule has 0 bridgehead atoms. The van der Waals surface area contributed by atoms with Gasteiger partial charge in [-0.1, -0.05) is 33.8 Å². The number of ketones is 1. The normalized spacial score (nSPS) is 11.6. The zero-order valence-corrected chi connectivity index (χ0v) is 10.9. The Hall–Kier alpha value is -1.57. The Morgan fingerprint density at radius 1 is 1.18 bits per heavy atom. The van der Waals surface area contributed by atoms with E-state index >= 15 is 0 Å². The molecule has 2 aromatic heterocycles. The molecule has 0 saturated carbocycles. The van der Waals surface area contributed by atoms with E-state index in [1.165, 1.54) is 0 Å². The number of rotatable bonds is 3. The second kappa shape index (κ2) is 4.36. The fraction of sp³-hybridized carbons (Fsp3) is 0.400. The molecule has 0 atom stereocenters. The lowest BCUT2D eigenvalue weighted by Crippen LogP contribution is -2.09. The number of hydrogen-bond acceptors (Lipinski definition) is 1. The summed E-state index contributed by atoms with van der Waals surface area (Å²) in [7, 11) is 0. The first-order chi connectivity index (χ1) is 8.02. The lowest BCUT2D eigenvalue weighted by atomic mass is 9.93. The first-order valence-corrected chi connectivity index (χ1v) is 6.16. The van der Waals surface area contributed by atoms with Gasteiger partial charge < -0.3 is 4.40 Å². The molecule has 0 saturated heterocycles. The van der Waals surface area contributed by atoms with Gasteiger partial charge in [-0.2, -0.15) is 0 Å². The number of fused-ring (bicyclic) bond motifs is 1. The molecule has 2 heteroatoms. The molecule has 0 N–H and O–H groups in total. The van der Waals surface area contributed by atoms with Crippen molar-refractivity contribution >= 4 is 11.3 Å². The van der Waals surface area contributed by atoms with Gasteiger partial charge in [0.1, 0.15) is 0 Å². The van der Waals surface area contributed by atoms with Gasteiger partial charge in [-0.3, -0.25) is 4.79 Å². The van der Waals surface area contributed by atoms with E-state index in [1.807, 2.05) is 42.6 Å². The minimum Gasteiger partial charge on any atom is -0.323 e. The van der Waals surface area contributed by atoms with Crippen LogP contribution in [0.15, 0.2) is 30.6 Å². The Bertz CT molecular complexity index is 549. The molecule has 0 aliphatic heterocycles. The van der Waals surface area contributed by atoms with E-state index in [2.05, 4.69) is 20.0 Å². The standard InChI is InChI=1S/C15H19NO/c1-10(2)12-9-16-8-6-5-7-13(16)14(12)15(17)11(3)4/h5-11H,1-4H3. The molecule has 2 aromatic rings. The van der Waals surface area contributed by atoms with Crippen LogP contribution in [-0.2, 0) is 0 Å². The maximum absolute atomic E-state index is 12.3. The van der Waals surface area contributed by atoms with Crippen molar-refractivity contribution in [1.29, 1.82) is 0 Å². The second-order valence-electron chi connectivity index (χ2n) is 5.13. The summed E-state index contributed by atoms with van der Waals surface area (Å²) in [6.07, 6.45) is 4.08. The average Bonchev–Trinajstić information content (AvgIpc) is 2.67. The highest BCUT2D eigenvalue weighted by atomic mass is 16.1. The Morgan fingerprint density at radius 3 is 2.47 bits per heavy atom. The summed E-state index contributed by atoms with van der Waals surface area (Å²) >= 11 is 0. The van der Waals surface area contributed by atoms with Gasteiger partial charge in [-0.05, 0) is 23.6 Å². The van der Waals surface area contributed by atoms with Gasteiger partial charge in [0.25, 0.3) is 0 Å². The molecule has 2 nitrogen and oxygen atoms in total. The van der Waals surface area contributed by atoms with Crippen LogP contribution in [0.25, 0.3) is 5.52 Å². The zero-order chi connectivity index (χ0) is 12.6. The largest absolute Gasteiger partial charge is 0.323 e. The van der Waals surface area contributed by atoms with Crippen molar-refractivity contribution in [2.75, 3.05) is 0 Å². The van der Waals surface area contributed by atoms with Crippen LogP contribution in [0.4, 0.5) is 0 Å². The van der Waals surface area contributed by atoms with Crippen LogP contribution in [-0.4, -0.2) is 10.2 Å². The summed E-state index contributed by atoms with van der Waals surface area (Å²) < 4.78 is 2.05. The third kappa shape index (κ3) is 1.99. The fourth-order valence-electron chi connectivity index (χ4n) is 2.14. The highest BCUT2D eigenvalue weighted by molar-refractivity contribution is 6.05. The highest BCUT2D eigenvalue weighted by Gasteiger charge is 2.21. The van der Waals surface area contributed by atoms with Crippen molar-refractivity contribution in [3.63, 3.8) is 0 Å². The van der Waals surface area contributed by atoms with Crippen molar-refractivity contribution in [2.45, 2.75) is 33.6 Å². The topological polar surface area (TPSA) is 21.5 Å². The van der Waals surface area contributed by atoms with Gasteiger partial charge in [-0.15, -0.1) is 0 Å². The lowest BCUT2D eigenvalue weighted by molar-refractivity contribution is 0.0940. The molecule has 0 unspecified atom stereocenters. The molecule has 2 heterocycles. The minimum absolute atomic E-state index is 0.0407. The summed E-state index contributed by atoms with van der Waals surface area (Å²) in [5, 5.41) is 0. The summed E-state index contributed by atoms with van der Waals surface area (Å²) in [6.45, 7) is 8.18. The van der Waals surface area contributed by atoms with Gasteiger partial charge >= 0.3 is 0 Å². The number of aromatic nitrogens is 1. The number of Topliss-reactive ketones (excluding diaryl/α,β-unsaturated/α-hetero) is 1. The van der Waals surface area contributed by atoms with Crippen LogP contribution in [0.2, 0.25) is 0 Å².